The number of aryl methyl sites for hydroxylation is 1. The Morgan fingerprint density at radius 2 is 1.94 bits per heavy atom. The number of aromatic nitrogens is 5. The maximum absolute atomic E-state index is 15.3. The summed E-state index contributed by atoms with van der Waals surface area (Å²) in [6, 6.07) is 9.49. The largest absolute Gasteiger partial charge is 0.335 e. The maximum atomic E-state index is 15.3. The molecule has 0 spiro atoms. The van der Waals surface area contributed by atoms with Gasteiger partial charge in [0.1, 0.15) is 11.5 Å². The maximum Gasteiger partial charge on any atom is 0.272 e. The standard InChI is InChI=1S/C28H31FN6O/c1-3-21-14-26(28(36)33-12-6-4-5-7-18(33)2)31-27-15-25(32-35(21)27)23-11-8-19(13-24(23)29)20-16-30-34(17-20)22-9-10-22/h8,11,13-18,22H,3-7,9-10,12H2,1-2H3. The molecule has 1 aliphatic heterocycles. The Morgan fingerprint density at radius 3 is 2.72 bits per heavy atom. The molecular formula is C28H31FN6O. The number of amides is 1. The lowest BCUT2D eigenvalue weighted by molar-refractivity contribution is 0.0692. The highest BCUT2D eigenvalue weighted by atomic mass is 19.1. The van der Waals surface area contributed by atoms with Gasteiger partial charge in [0.15, 0.2) is 5.65 Å². The second kappa shape index (κ2) is 9.15. The number of carbonyl (C=O) groups is 1. The van der Waals surface area contributed by atoms with E-state index in [1.165, 1.54) is 6.07 Å². The first-order valence-electron chi connectivity index (χ1n) is 13.1. The molecule has 1 unspecified atom stereocenters. The normalized spacial score (nSPS) is 18.5. The highest BCUT2D eigenvalue weighted by Gasteiger charge is 2.26. The predicted octanol–water partition coefficient (Wildman–Crippen LogP) is 5.70. The molecule has 0 bridgehead atoms. The number of benzene rings is 1. The molecule has 8 heteroatoms. The molecule has 186 valence electrons. The molecule has 0 N–H and O–H groups in total. The van der Waals surface area contributed by atoms with Gasteiger partial charge < -0.3 is 4.90 Å². The number of nitrogens with zero attached hydrogens (tertiary/aromatic N) is 6. The van der Waals surface area contributed by atoms with E-state index in [9.17, 15) is 4.79 Å². The average molecular weight is 487 g/mol. The summed E-state index contributed by atoms with van der Waals surface area (Å²) in [7, 11) is 0. The molecule has 0 radical (unpaired) electrons. The highest BCUT2D eigenvalue weighted by Crippen LogP contribution is 2.35. The van der Waals surface area contributed by atoms with Crippen LogP contribution in [0.25, 0.3) is 28.0 Å². The summed E-state index contributed by atoms with van der Waals surface area (Å²) < 4.78 is 19.0. The van der Waals surface area contributed by atoms with Crippen LogP contribution in [-0.4, -0.2) is 47.8 Å². The number of carbonyl (C=O) groups excluding carboxylic acids is 1. The zero-order valence-corrected chi connectivity index (χ0v) is 20.8. The van der Waals surface area contributed by atoms with Crippen LogP contribution in [-0.2, 0) is 6.42 Å². The van der Waals surface area contributed by atoms with Crippen molar-refractivity contribution in [2.75, 3.05) is 6.54 Å². The number of rotatable bonds is 5. The van der Waals surface area contributed by atoms with Crippen LogP contribution in [0.15, 0.2) is 42.7 Å². The third kappa shape index (κ3) is 4.18. The van der Waals surface area contributed by atoms with Crippen LogP contribution in [0.2, 0.25) is 0 Å². The van der Waals surface area contributed by atoms with E-state index in [-0.39, 0.29) is 17.8 Å². The molecule has 4 aromatic rings. The zero-order valence-electron chi connectivity index (χ0n) is 20.8. The molecular weight excluding hydrogens is 455 g/mol. The molecule has 2 fully saturated rings. The van der Waals surface area contributed by atoms with E-state index in [0.717, 1.165) is 61.9 Å². The summed E-state index contributed by atoms with van der Waals surface area (Å²) in [4.78, 5) is 20.0. The Balaban J connectivity index is 1.33. The Morgan fingerprint density at radius 1 is 1.08 bits per heavy atom. The van der Waals surface area contributed by atoms with Gasteiger partial charge in [-0.3, -0.25) is 9.48 Å². The molecule has 6 rings (SSSR count). The van der Waals surface area contributed by atoms with Crippen LogP contribution in [0.1, 0.15) is 74.6 Å². The van der Waals surface area contributed by atoms with E-state index in [2.05, 4.69) is 22.1 Å². The number of hydrogen-bond acceptors (Lipinski definition) is 4. The topological polar surface area (TPSA) is 68.3 Å². The van der Waals surface area contributed by atoms with Crippen LogP contribution in [0.5, 0.6) is 0 Å². The predicted molar refractivity (Wildman–Crippen MR) is 136 cm³/mol. The van der Waals surface area contributed by atoms with Crippen molar-refractivity contribution in [2.24, 2.45) is 0 Å². The second-order valence-corrected chi connectivity index (χ2v) is 10.1. The van der Waals surface area contributed by atoms with Crippen LogP contribution in [0, 0.1) is 5.82 Å². The molecule has 3 aromatic heterocycles. The van der Waals surface area contributed by atoms with Gasteiger partial charge >= 0.3 is 0 Å². The molecule has 1 aromatic carbocycles. The summed E-state index contributed by atoms with van der Waals surface area (Å²) in [5, 5.41) is 9.09. The van der Waals surface area contributed by atoms with E-state index in [1.54, 1.807) is 22.8 Å². The first kappa shape index (κ1) is 22.9. The van der Waals surface area contributed by atoms with E-state index < -0.39 is 0 Å². The Bertz CT molecular complexity index is 1440. The fourth-order valence-electron chi connectivity index (χ4n) is 5.18. The Labute approximate surface area is 209 Å². The lowest BCUT2D eigenvalue weighted by Gasteiger charge is -2.27. The summed E-state index contributed by atoms with van der Waals surface area (Å²) in [5.74, 6) is -0.380. The Kier molecular flexibility index (Phi) is 5.82. The lowest BCUT2D eigenvalue weighted by Crippen LogP contribution is -2.38. The van der Waals surface area contributed by atoms with E-state index >= 15 is 4.39 Å². The monoisotopic (exact) mass is 486 g/mol. The smallest absolute Gasteiger partial charge is 0.272 e. The van der Waals surface area contributed by atoms with Gasteiger partial charge in [-0.15, -0.1) is 0 Å². The Hall–Kier alpha value is -3.55. The van der Waals surface area contributed by atoms with Gasteiger partial charge in [-0.05, 0) is 62.8 Å². The third-order valence-electron chi connectivity index (χ3n) is 7.50. The molecule has 1 saturated heterocycles. The summed E-state index contributed by atoms with van der Waals surface area (Å²) in [5.41, 5.74) is 4.48. The van der Waals surface area contributed by atoms with Gasteiger partial charge in [0.2, 0.25) is 0 Å². The van der Waals surface area contributed by atoms with Gasteiger partial charge in [0.05, 0.1) is 17.9 Å². The summed E-state index contributed by atoms with van der Waals surface area (Å²) >= 11 is 0. The lowest BCUT2D eigenvalue weighted by atomic mass is 10.0. The molecule has 1 saturated carbocycles. The van der Waals surface area contributed by atoms with Crippen LogP contribution in [0.3, 0.4) is 0 Å². The SMILES string of the molecule is CCc1cc(C(=O)N2CCCCCC2C)nc2cc(-c3ccc(-c4cnn(C5CC5)c4)cc3F)nn12. The van der Waals surface area contributed by atoms with Crippen molar-refractivity contribution in [3.8, 4) is 22.4 Å². The van der Waals surface area contributed by atoms with Crippen molar-refractivity contribution in [3.63, 3.8) is 0 Å². The van der Waals surface area contributed by atoms with Crippen molar-refractivity contribution >= 4 is 11.6 Å². The summed E-state index contributed by atoms with van der Waals surface area (Å²) in [6.45, 7) is 4.90. The van der Waals surface area contributed by atoms with Crippen LogP contribution >= 0.6 is 0 Å². The third-order valence-corrected chi connectivity index (χ3v) is 7.50. The molecule has 4 heterocycles. The first-order chi connectivity index (χ1) is 17.5. The number of fused-ring (bicyclic) bond motifs is 1. The van der Waals surface area contributed by atoms with Crippen molar-refractivity contribution in [3.05, 3.63) is 59.9 Å². The molecule has 1 atom stereocenters. The fraction of sp³-hybridized carbons (Fsp3) is 0.429. The molecule has 1 amide bonds. The fourth-order valence-corrected chi connectivity index (χ4v) is 5.18. The van der Waals surface area contributed by atoms with Gasteiger partial charge in [-0.2, -0.15) is 10.2 Å². The molecule has 36 heavy (non-hydrogen) atoms. The minimum atomic E-state index is -0.345. The minimum Gasteiger partial charge on any atom is -0.335 e. The molecule has 1 aliphatic carbocycles. The minimum absolute atomic E-state index is 0.0355. The van der Waals surface area contributed by atoms with Crippen molar-refractivity contribution in [1.82, 2.24) is 29.3 Å². The highest BCUT2D eigenvalue weighted by molar-refractivity contribution is 5.93. The van der Waals surface area contributed by atoms with Gasteiger partial charge in [0.25, 0.3) is 5.91 Å². The van der Waals surface area contributed by atoms with Gasteiger partial charge in [-0.25, -0.2) is 13.9 Å². The van der Waals surface area contributed by atoms with Gasteiger partial charge in [-0.1, -0.05) is 25.8 Å². The number of hydrogen-bond donors (Lipinski definition) is 0. The second-order valence-electron chi connectivity index (χ2n) is 10.1. The van der Waals surface area contributed by atoms with E-state index in [1.807, 2.05) is 34.8 Å². The van der Waals surface area contributed by atoms with Crippen molar-refractivity contribution in [2.45, 2.75) is 70.9 Å². The first-order valence-corrected chi connectivity index (χ1v) is 13.1. The van der Waals surface area contributed by atoms with Crippen molar-refractivity contribution < 1.29 is 9.18 Å². The zero-order chi connectivity index (χ0) is 24.8. The van der Waals surface area contributed by atoms with E-state index in [4.69, 9.17) is 0 Å². The van der Waals surface area contributed by atoms with Crippen LogP contribution in [0.4, 0.5) is 4.39 Å². The van der Waals surface area contributed by atoms with Gasteiger partial charge in [0, 0.05) is 41.7 Å². The molecule has 2 aliphatic rings. The summed E-state index contributed by atoms with van der Waals surface area (Å²) in [6.07, 6.45) is 11.1. The average Bonchev–Trinajstić information content (AvgIpc) is 3.52. The van der Waals surface area contributed by atoms with E-state index in [0.29, 0.717) is 35.1 Å². The number of likely N-dealkylation sites (tertiary alicyclic amines) is 1. The van der Waals surface area contributed by atoms with Crippen molar-refractivity contribution in [1.29, 1.82) is 0 Å². The molecule has 7 nitrogen and oxygen atoms in total. The quantitative estimate of drug-likeness (QED) is 0.363. The number of halogens is 1. The van der Waals surface area contributed by atoms with Crippen LogP contribution < -0.4 is 0 Å².